The summed E-state index contributed by atoms with van der Waals surface area (Å²) >= 11 is 0. The number of imide groups is 1. The Bertz CT molecular complexity index is 258. The van der Waals surface area contributed by atoms with E-state index in [9.17, 15) is 9.59 Å². The van der Waals surface area contributed by atoms with Crippen molar-refractivity contribution in [2.45, 2.75) is 38.1 Å². The monoisotopic (exact) mass is 182 g/mol. The van der Waals surface area contributed by atoms with Gasteiger partial charge in [0.15, 0.2) is 0 Å². The highest BCUT2D eigenvalue weighted by Gasteiger charge is 2.48. The van der Waals surface area contributed by atoms with Gasteiger partial charge in [-0.1, -0.05) is 12.8 Å². The standard InChI is InChI=1S/C9H14N2O2/c1-9(6-4-2-3-5-6)7(12)10-8(13)11-9/h6H,2-5H2,1H3,(H2,10,11,12,13)/t9-/m0/s1. The first-order valence-electron chi connectivity index (χ1n) is 4.76. The number of amides is 3. The topological polar surface area (TPSA) is 58.2 Å². The van der Waals surface area contributed by atoms with E-state index in [4.69, 9.17) is 0 Å². The van der Waals surface area contributed by atoms with E-state index in [1.165, 1.54) is 12.8 Å². The summed E-state index contributed by atoms with van der Waals surface area (Å²) in [5, 5.41) is 5.02. The molecule has 2 rings (SSSR count). The van der Waals surface area contributed by atoms with E-state index in [1.807, 2.05) is 6.92 Å². The zero-order valence-electron chi connectivity index (χ0n) is 7.72. The predicted molar refractivity (Wildman–Crippen MR) is 47.0 cm³/mol. The van der Waals surface area contributed by atoms with Crippen molar-refractivity contribution in [1.29, 1.82) is 0 Å². The molecule has 2 fully saturated rings. The molecule has 1 aliphatic carbocycles. The minimum Gasteiger partial charge on any atom is -0.323 e. The normalized spacial score (nSPS) is 34.8. The molecule has 0 aromatic heterocycles. The lowest BCUT2D eigenvalue weighted by Gasteiger charge is -2.27. The molecule has 1 aliphatic heterocycles. The average Bonchev–Trinajstić information content (AvgIpc) is 2.61. The van der Waals surface area contributed by atoms with Crippen molar-refractivity contribution < 1.29 is 9.59 Å². The Kier molecular flexibility index (Phi) is 1.78. The summed E-state index contributed by atoms with van der Waals surface area (Å²) in [5.41, 5.74) is -0.645. The summed E-state index contributed by atoms with van der Waals surface area (Å²) in [6, 6.07) is -0.348. The molecule has 4 heteroatoms. The molecule has 0 radical (unpaired) electrons. The fourth-order valence-corrected chi connectivity index (χ4v) is 2.35. The van der Waals surface area contributed by atoms with Crippen LogP contribution >= 0.6 is 0 Å². The number of rotatable bonds is 1. The molecule has 1 saturated heterocycles. The maximum Gasteiger partial charge on any atom is 0.322 e. The van der Waals surface area contributed by atoms with Gasteiger partial charge in [-0.2, -0.15) is 0 Å². The molecule has 0 aromatic rings. The predicted octanol–water partition coefficient (Wildman–Crippen LogP) is 0.775. The molecule has 4 nitrogen and oxygen atoms in total. The highest BCUT2D eigenvalue weighted by molar-refractivity contribution is 6.06. The van der Waals surface area contributed by atoms with Crippen molar-refractivity contribution in [3.63, 3.8) is 0 Å². The first-order valence-corrected chi connectivity index (χ1v) is 4.76. The molecule has 1 heterocycles. The lowest BCUT2D eigenvalue weighted by Crippen LogP contribution is -2.49. The summed E-state index contributed by atoms with van der Waals surface area (Å²) in [7, 11) is 0. The van der Waals surface area contributed by atoms with Gasteiger partial charge in [0.2, 0.25) is 0 Å². The Labute approximate surface area is 77.1 Å². The van der Waals surface area contributed by atoms with Crippen LogP contribution in [0.2, 0.25) is 0 Å². The summed E-state index contributed by atoms with van der Waals surface area (Å²) in [5.74, 6) is 0.156. The van der Waals surface area contributed by atoms with Crippen LogP contribution in [0.3, 0.4) is 0 Å². The van der Waals surface area contributed by atoms with Crippen LogP contribution in [0.5, 0.6) is 0 Å². The van der Waals surface area contributed by atoms with Crippen molar-refractivity contribution in [2.24, 2.45) is 5.92 Å². The molecule has 3 amide bonds. The molecule has 0 unspecified atom stereocenters. The van der Waals surface area contributed by atoms with Gasteiger partial charge >= 0.3 is 6.03 Å². The van der Waals surface area contributed by atoms with Crippen LogP contribution in [0, 0.1) is 5.92 Å². The van der Waals surface area contributed by atoms with Gasteiger partial charge in [0, 0.05) is 0 Å². The van der Waals surface area contributed by atoms with Crippen LogP contribution in [-0.4, -0.2) is 17.5 Å². The minimum atomic E-state index is -0.645. The average molecular weight is 182 g/mol. The SMILES string of the molecule is C[C@@]1(C2CCCC2)NC(=O)NC1=O. The Balaban J connectivity index is 2.18. The van der Waals surface area contributed by atoms with Crippen molar-refractivity contribution in [3.05, 3.63) is 0 Å². The molecule has 0 bridgehead atoms. The Morgan fingerprint density at radius 2 is 1.92 bits per heavy atom. The first kappa shape index (κ1) is 8.53. The third-order valence-electron chi connectivity index (χ3n) is 3.24. The lowest BCUT2D eigenvalue weighted by molar-refractivity contribution is -0.125. The lowest BCUT2D eigenvalue weighted by atomic mass is 9.84. The number of hydrogen-bond donors (Lipinski definition) is 2. The van der Waals surface area contributed by atoms with Gasteiger partial charge in [-0.25, -0.2) is 4.79 Å². The summed E-state index contributed by atoms with van der Waals surface area (Å²) in [4.78, 5) is 22.5. The van der Waals surface area contributed by atoms with Crippen LogP contribution in [-0.2, 0) is 4.79 Å². The van der Waals surface area contributed by atoms with E-state index < -0.39 is 5.54 Å². The number of nitrogens with one attached hydrogen (secondary N) is 2. The van der Waals surface area contributed by atoms with Crippen molar-refractivity contribution in [1.82, 2.24) is 10.6 Å². The fraction of sp³-hybridized carbons (Fsp3) is 0.778. The smallest absolute Gasteiger partial charge is 0.322 e. The van der Waals surface area contributed by atoms with E-state index in [0.717, 1.165) is 12.8 Å². The second kappa shape index (κ2) is 2.72. The number of carbonyl (C=O) groups excluding carboxylic acids is 2. The van der Waals surface area contributed by atoms with Crippen molar-refractivity contribution in [3.8, 4) is 0 Å². The van der Waals surface area contributed by atoms with Gasteiger partial charge in [0.25, 0.3) is 5.91 Å². The molecular formula is C9H14N2O2. The van der Waals surface area contributed by atoms with E-state index >= 15 is 0 Å². The molecule has 1 atom stereocenters. The van der Waals surface area contributed by atoms with Gasteiger partial charge < -0.3 is 5.32 Å². The zero-order chi connectivity index (χ0) is 9.47. The number of carbonyl (C=O) groups is 2. The maximum atomic E-state index is 11.5. The second-order valence-electron chi connectivity index (χ2n) is 4.09. The van der Waals surface area contributed by atoms with Gasteiger partial charge in [0.05, 0.1) is 0 Å². The van der Waals surface area contributed by atoms with Gasteiger partial charge in [-0.15, -0.1) is 0 Å². The second-order valence-corrected chi connectivity index (χ2v) is 4.09. The number of urea groups is 1. The summed E-state index contributed by atoms with van der Waals surface area (Å²) in [6.45, 7) is 1.82. The van der Waals surface area contributed by atoms with Crippen molar-refractivity contribution >= 4 is 11.9 Å². The third-order valence-corrected chi connectivity index (χ3v) is 3.24. The minimum absolute atomic E-state index is 0.163. The molecule has 0 spiro atoms. The quantitative estimate of drug-likeness (QED) is 0.588. The van der Waals surface area contributed by atoms with Crippen LogP contribution in [0.15, 0.2) is 0 Å². The van der Waals surface area contributed by atoms with Crippen LogP contribution < -0.4 is 10.6 Å². The highest BCUT2D eigenvalue weighted by Crippen LogP contribution is 2.35. The summed E-state index contributed by atoms with van der Waals surface area (Å²) < 4.78 is 0. The molecule has 0 aromatic carbocycles. The third kappa shape index (κ3) is 1.20. The highest BCUT2D eigenvalue weighted by atomic mass is 16.2. The Morgan fingerprint density at radius 1 is 1.31 bits per heavy atom. The van der Waals surface area contributed by atoms with Crippen molar-refractivity contribution in [2.75, 3.05) is 0 Å². The maximum absolute atomic E-state index is 11.5. The van der Waals surface area contributed by atoms with E-state index in [2.05, 4.69) is 10.6 Å². The van der Waals surface area contributed by atoms with Crippen LogP contribution in [0.25, 0.3) is 0 Å². The Morgan fingerprint density at radius 3 is 2.38 bits per heavy atom. The van der Waals surface area contributed by atoms with E-state index in [-0.39, 0.29) is 11.9 Å². The fourth-order valence-electron chi connectivity index (χ4n) is 2.35. The largest absolute Gasteiger partial charge is 0.323 e. The first-order chi connectivity index (χ1) is 6.13. The van der Waals surface area contributed by atoms with E-state index in [1.54, 1.807) is 0 Å². The van der Waals surface area contributed by atoms with Gasteiger partial charge in [0.1, 0.15) is 5.54 Å². The molecule has 72 valence electrons. The van der Waals surface area contributed by atoms with Crippen LogP contribution in [0.4, 0.5) is 4.79 Å². The molecular weight excluding hydrogens is 168 g/mol. The van der Waals surface area contributed by atoms with Crippen LogP contribution in [0.1, 0.15) is 32.6 Å². The molecule has 13 heavy (non-hydrogen) atoms. The summed E-state index contributed by atoms with van der Waals surface area (Å²) in [6.07, 6.45) is 4.43. The Hall–Kier alpha value is -1.06. The molecule has 1 saturated carbocycles. The van der Waals surface area contributed by atoms with Gasteiger partial charge in [-0.3, -0.25) is 10.1 Å². The van der Waals surface area contributed by atoms with E-state index in [0.29, 0.717) is 5.92 Å². The zero-order valence-corrected chi connectivity index (χ0v) is 7.72. The molecule has 2 N–H and O–H groups in total. The molecule has 2 aliphatic rings. The van der Waals surface area contributed by atoms with Gasteiger partial charge in [-0.05, 0) is 25.7 Å². The number of hydrogen-bond acceptors (Lipinski definition) is 2.